The van der Waals surface area contributed by atoms with Crippen molar-refractivity contribution < 1.29 is 9.59 Å². The van der Waals surface area contributed by atoms with Crippen molar-refractivity contribution in [3.8, 4) is 0 Å². The summed E-state index contributed by atoms with van der Waals surface area (Å²) < 4.78 is 0. The second-order valence-corrected chi connectivity index (χ2v) is 5.45. The van der Waals surface area contributed by atoms with Crippen LogP contribution in [0.4, 0.5) is 9.93 Å². The van der Waals surface area contributed by atoms with Crippen LogP contribution in [0.1, 0.15) is 18.4 Å². The predicted octanol–water partition coefficient (Wildman–Crippen LogP) is 1.56. The molecule has 2 rings (SSSR count). The zero-order valence-corrected chi connectivity index (χ0v) is 10.9. The van der Waals surface area contributed by atoms with Gasteiger partial charge in [-0.05, 0) is 6.42 Å². The van der Waals surface area contributed by atoms with E-state index in [2.05, 4.69) is 22.4 Å². The van der Waals surface area contributed by atoms with Gasteiger partial charge in [0.05, 0.1) is 12.3 Å². The van der Waals surface area contributed by atoms with Crippen LogP contribution in [-0.2, 0) is 11.3 Å². The number of hydrogen-bond acceptors (Lipinski definition) is 7. The number of amides is 2. The first-order valence-electron chi connectivity index (χ1n) is 5.24. The highest BCUT2D eigenvalue weighted by atomic mass is 32.2. The number of imide groups is 1. The minimum Gasteiger partial charge on any atom is -0.360 e. The Hall–Kier alpha value is -1.15. The third-order valence-electron chi connectivity index (χ3n) is 2.13. The predicted molar refractivity (Wildman–Crippen MR) is 67.1 cm³/mol. The lowest BCUT2D eigenvalue weighted by atomic mass is 10.5. The molecule has 6 nitrogen and oxygen atoms in total. The maximum atomic E-state index is 11.4. The van der Waals surface area contributed by atoms with Crippen LogP contribution in [0.25, 0.3) is 0 Å². The molecule has 0 aliphatic carbocycles. The van der Waals surface area contributed by atoms with Crippen molar-refractivity contribution in [2.45, 2.75) is 19.9 Å². The highest BCUT2D eigenvalue weighted by Crippen LogP contribution is 2.23. The van der Waals surface area contributed by atoms with E-state index in [1.54, 1.807) is 0 Å². The van der Waals surface area contributed by atoms with Gasteiger partial charge in [0.2, 0.25) is 11.0 Å². The Bertz CT molecular complexity index is 418. The van der Waals surface area contributed by atoms with Crippen molar-refractivity contribution in [3.05, 3.63) is 5.01 Å². The molecule has 2 heterocycles. The number of hydrogen-bond donors (Lipinski definition) is 1. The Labute approximate surface area is 107 Å². The maximum Gasteiger partial charge on any atom is 0.289 e. The Morgan fingerprint density at radius 1 is 1.41 bits per heavy atom. The van der Waals surface area contributed by atoms with Crippen LogP contribution < -0.4 is 5.32 Å². The second kappa shape index (κ2) is 5.46. The lowest BCUT2D eigenvalue weighted by Crippen LogP contribution is -2.27. The molecular weight excluding hydrogens is 260 g/mol. The zero-order valence-electron chi connectivity index (χ0n) is 9.30. The number of aromatic nitrogens is 2. The van der Waals surface area contributed by atoms with Gasteiger partial charge in [0.15, 0.2) is 0 Å². The van der Waals surface area contributed by atoms with Crippen molar-refractivity contribution in [2.75, 3.05) is 17.6 Å². The third kappa shape index (κ3) is 2.95. The molecule has 0 atom stereocenters. The molecule has 1 aliphatic heterocycles. The smallest absolute Gasteiger partial charge is 0.289 e. The van der Waals surface area contributed by atoms with Gasteiger partial charge in [0.1, 0.15) is 5.01 Å². The molecular formula is C9H12N4O2S2. The largest absolute Gasteiger partial charge is 0.360 e. The van der Waals surface area contributed by atoms with Crippen LogP contribution in [0.2, 0.25) is 0 Å². The molecule has 0 bridgehead atoms. The maximum absolute atomic E-state index is 11.4. The Morgan fingerprint density at radius 2 is 2.24 bits per heavy atom. The highest BCUT2D eigenvalue weighted by Gasteiger charge is 2.30. The average molecular weight is 272 g/mol. The van der Waals surface area contributed by atoms with Gasteiger partial charge in [-0.2, -0.15) is 0 Å². The van der Waals surface area contributed by atoms with Gasteiger partial charge in [-0.3, -0.25) is 14.5 Å². The van der Waals surface area contributed by atoms with Crippen molar-refractivity contribution in [1.29, 1.82) is 0 Å². The fourth-order valence-corrected chi connectivity index (χ4v) is 2.77. The van der Waals surface area contributed by atoms with Gasteiger partial charge < -0.3 is 5.32 Å². The summed E-state index contributed by atoms with van der Waals surface area (Å²) in [5.74, 6) is 0.0803. The normalized spacial score (nSPS) is 15.7. The minimum absolute atomic E-state index is 0.154. The van der Waals surface area contributed by atoms with Crippen LogP contribution in [0.5, 0.6) is 0 Å². The summed E-state index contributed by atoms with van der Waals surface area (Å²) in [7, 11) is 0. The summed E-state index contributed by atoms with van der Waals surface area (Å²) in [5.41, 5.74) is 0. The van der Waals surface area contributed by atoms with Crippen LogP contribution in [-0.4, -0.2) is 38.5 Å². The zero-order chi connectivity index (χ0) is 12.3. The fraction of sp³-hybridized carbons (Fsp3) is 0.556. The summed E-state index contributed by atoms with van der Waals surface area (Å²) in [6.07, 6.45) is 1.01. The Morgan fingerprint density at radius 3 is 2.88 bits per heavy atom. The topological polar surface area (TPSA) is 75.2 Å². The number of anilines is 1. The molecule has 17 heavy (non-hydrogen) atoms. The number of rotatable bonds is 5. The Balaban J connectivity index is 1.96. The number of carbonyl (C=O) groups excluding carboxylic acids is 2. The third-order valence-corrected chi connectivity index (χ3v) is 3.85. The van der Waals surface area contributed by atoms with Crippen LogP contribution in [0.15, 0.2) is 0 Å². The first-order chi connectivity index (χ1) is 8.20. The van der Waals surface area contributed by atoms with Crippen LogP contribution in [0.3, 0.4) is 0 Å². The summed E-state index contributed by atoms with van der Waals surface area (Å²) >= 11 is 2.41. The quantitative estimate of drug-likeness (QED) is 0.876. The number of carbonyl (C=O) groups is 2. The van der Waals surface area contributed by atoms with E-state index in [1.165, 1.54) is 16.2 Å². The standard InChI is InChI=1S/C9H12N4O2S2/c1-2-3-10-8-12-11-6(17-8)4-13-7(14)5-16-9(13)15/h2-5H2,1H3,(H,10,12). The molecule has 8 heteroatoms. The van der Waals surface area contributed by atoms with Crippen molar-refractivity contribution in [1.82, 2.24) is 15.1 Å². The van der Waals surface area contributed by atoms with E-state index in [-0.39, 0.29) is 23.4 Å². The molecule has 0 aromatic carbocycles. The molecule has 0 unspecified atom stereocenters. The van der Waals surface area contributed by atoms with Crippen molar-refractivity contribution in [3.63, 3.8) is 0 Å². The second-order valence-electron chi connectivity index (χ2n) is 3.46. The summed E-state index contributed by atoms with van der Waals surface area (Å²) in [4.78, 5) is 24.0. The molecule has 0 spiro atoms. The minimum atomic E-state index is -0.201. The first kappa shape index (κ1) is 12.3. The highest BCUT2D eigenvalue weighted by molar-refractivity contribution is 8.14. The molecule has 1 aromatic rings. The SMILES string of the molecule is CCCNc1nnc(CN2C(=O)CSC2=O)s1. The van der Waals surface area contributed by atoms with Gasteiger partial charge in [-0.25, -0.2) is 0 Å². The monoisotopic (exact) mass is 272 g/mol. The molecule has 92 valence electrons. The van der Waals surface area contributed by atoms with E-state index in [9.17, 15) is 9.59 Å². The van der Waals surface area contributed by atoms with Crippen molar-refractivity contribution in [2.24, 2.45) is 0 Å². The van der Waals surface area contributed by atoms with E-state index < -0.39 is 0 Å². The Kier molecular flexibility index (Phi) is 3.95. The van der Waals surface area contributed by atoms with Gasteiger partial charge in [0, 0.05) is 6.54 Å². The van der Waals surface area contributed by atoms with Gasteiger partial charge in [-0.15, -0.1) is 10.2 Å². The van der Waals surface area contributed by atoms with E-state index in [0.29, 0.717) is 5.01 Å². The van der Waals surface area contributed by atoms with Gasteiger partial charge >= 0.3 is 0 Å². The first-order valence-corrected chi connectivity index (χ1v) is 7.04. The molecule has 1 N–H and O–H groups in total. The van der Waals surface area contributed by atoms with Gasteiger partial charge in [-0.1, -0.05) is 30.0 Å². The molecule has 1 aliphatic rings. The van der Waals surface area contributed by atoms with E-state index >= 15 is 0 Å². The van der Waals surface area contributed by atoms with E-state index in [4.69, 9.17) is 0 Å². The summed E-state index contributed by atoms with van der Waals surface area (Å²) in [6.45, 7) is 3.13. The number of thioether (sulfide) groups is 1. The summed E-state index contributed by atoms with van der Waals surface area (Å²) in [5, 5.41) is 12.2. The summed E-state index contributed by atoms with van der Waals surface area (Å²) in [6, 6.07) is 0. The molecule has 0 saturated carbocycles. The molecule has 2 amide bonds. The lowest BCUT2D eigenvalue weighted by Gasteiger charge is -2.08. The van der Waals surface area contributed by atoms with Crippen molar-refractivity contribution >= 4 is 39.4 Å². The number of nitrogens with zero attached hydrogens (tertiary/aromatic N) is 3. The van der Waals surface area contributed by atoms with Crippen LogP contribution in [0, 0.1) is 0 Å². The molecule has 1 fully saturated rings. The van der Waals surface area contributed by atoms with Gasteiger partial charge in [0.25, 0.3) is 5.24 Å². The molecule has 1 saturated heterocycles. The van der Waals surface area contributed by atoms with Crippen LogP contribution >= 0.6 is 23.1 Å². The number of nitrogens with one attached hydrogen (secondary N) is 1. The average Bonchev–Trinajstić information content (AvgIpc) is 2.88. The van der Waals surface area contributed by atoms with E-state index in [0.717, 1.165) is 29.9 Å². The fourth-order valence-electron chi connectivity index (χ4n) is 1.29. The molecule has 1 aromatic heterocycles. The molecule has 0 radical (unpaired) electrons. The lowest BCUT2D eigenvalue weighted by molar-refractivity contribution is -0.125. The van der Waals surface area contributed by atoms with E-state index in [1.807, 2.05) is 0 Å².